The number of nitrogens with zero attached hydrogens (tertiary/aromatic N) is 1. The van der Waals surface area contributed by atoms with Crippen LogP contribution in [0.2, 0.25) is 0 Å². The Morgan fingerprint density at radius 2 is 1.95 bits per heavy atom. The molecule has 0 radical (unpaired) electrons. The predicted octanol–water partition coefficient (Wildman–Crippen LogP) is 3.10. The summed E-state index contributed by atoms with van der Waals surface area (Å²) in [5, 5.41) is 1.79. The highest BCUT2D eigenvalue weighted by molar-refractivity contribution is 6.65. The lowest BCUT2D eigenvalue weighted by Crippen LogP contribution is -2.36. The monoisotopic (exact) mass is 287 g/mol. The van der Waals surface area contributed by atoms with E-state index < -0.39 is 11.3 Å². The first kappa shape index (κ1) is 13.1. The van der Waals surface area contributed by atoms with E-state index in [4.69, 9.17) is 11.6 Å². The summed E-state index contributed by atoms with van der Waals surface area (Å²) in [5.74, 6) is -0.00284. The van der Waals surface area contributed by atoms with Crippen LogP contribution in [0.1, 0.15) is 18.4 Å². The molecular formula is C16H14ClNO2. The van der Waals surface area contributed by atoms with E-state index in [1.165, 1.54) is 0 Å². The van der Waals surface area contributed by atoms with Gasteiger partial charge in [0.15, 0.2) is 0 Å². The van der Waals surface area contributed by atoms with Gasteiger partial charge in [0, 0.05) is 13.0 Å². The molecule has 3 rings (SSSR count). The zero-order valence-electron chi connectivity index (χ0n) is 10.9. The number of fused-ring (bicyclic) bond motifs is 1. The van der Waals surface area contributed by atoms with Gasteiger partial charge in [0.2, 0.25) is 11.1 Å². The molecule has 3 nitrogen and oxygen atoms in total. The SMILES string of the molecule is O=C(Cl)C1CCC(=O)N1Cc1cccc2ccccc12. The quantitative estimate of drug-likeness (QED) is 0.814. The van der Waals surface area contributed by atoms with Gasteiger partial charge in [-0.2, -0.15) is 0 Å². The van der Waals surface area contributed by atoms with E-state index in [0.717, 1.165) is 16.3 Å². The van der Waals surface area contributed by atoms with Gasteiger partial charge >= 0.3 is 0 Å². The van der Waals surface area contributed by atoms with E-state index in [-0.39, 0.29) is 5.91 Å². The first-order chi connectivity index (χ1) is 9.66. The maximum atomic E-state index is 11.9. The van der Waals surface area contributed by atoms with Crippen molar-refractivity contribution in [3.05, 3.63) is 48.0 Å². The van der Waals surface area contributed by atoms with Crippen LogP contribution in [0.25, 0.3) is 10.8 Å². The van der Waals surface area contributed by atoms with Crippen molar-refractivity contribution in [2.24, 2.45) is 0 Å². The molecule has 1 atom stereocenters. The normalized spacial score (nSPS) is 18.8. The van der Waals surface area contributed by atoms with Gasteiger partial charge in [0.25, 0.3) is 0 Å². The Labute approximate surface area is 122 Å². The van der Waals surface area contributed by atoms with Gasteiger partial charge in [-0.1, -0.05) is 42.5 Å². The Balaban J connectivity index is 1.96. The average Bonchev–Trinajstić information content (AvgIpc) is 2.81. The lowest BCUT2D eigenvalue weighted by atomic mass is 10.0. The standard InChI is InChI=1S/C16H14ClNO2/c17-16(20)14-8-9-15(19)18(14)10-12-6-3-5-11-4-1-2-7-13(11)12/h1-7,14H,8-10H2. The molecule has 0 aromatic heterocycles. The third kappa shape index (κ3) is 2.29. The zero-order chi connectivity index (χ0) is 14.1. The minimum absolute atomic E-state index is 0.00284. The average molecular weight is 288 g/mol. The molecule has 0 N–H and O–H groups in total. The highest BCUT2D eigenvalue weighted by Crippen LogP contribution is 2.26. The molecule has 4 heteroatoms. The third-order valence-electron chi connectivity index (χ3n) is 3.81. The number of hydrogen-bond donors (Lipinski definition) is 0. The summed E-state index contributed by atoms with van der Waals surface area (Å²) in [7, 11) is 0. The number of amides is 1. The molecule has 0 spiro atoms. The van der Waals surface area contributed by atoms with Gasteiger partial charge in [-0.3, -0.25) is 9.59 Å². The topological polar surface area (TPSA) is 37.4 Å². The molecule has 2 aromatic rings. The van der Waals surface area contributed by atoms with E-state index in [1.54, 1.807) is 4.90 Å². The van der Waals surface area contributed by atoms with Gasteiger partial charge in [0.1, 0.15) is 6.04 Å². The fourth-order valence-electron chi connectivity index (χ4n) is 2.78. The molecule has 1 saturated heterocycles. The second kappa shape index (κ2) is 5.25. The second-order valence-corrected chi connectivity index (χ2v) is 5.39. The van der Waals surface area contributed by atoms with E-state index >= 15 is 0 Å². The van der Waals surface area contributed by atoms with Crippen molar-refractivity contribution in [2.45, 2.75) is 25.4 Å². The van der Waals surface area contributed by atoms with Crippen LogP contribution < -0.4 is 0 Å². The fraction of sp³-hybridized carbons (Fsp3) is 0.250. The van der Waals surface area contributed by atoms with Gasteiger partial charge in [-0.15, -0.1) is 0 Å². The number of hydrogen-bond acceptors (Lipinski definition) is 2. The third-order valence-corrected chi connectivity index (χ3v) is 4.06. The van der Waals surface area contributed by atoms with Gasteiger partial charge in [-0.05, 0) is 34.4 Å². The van der Waals surface area contributed by atoms with Crippen molar-refractivity contribution >= 4 is 33.5 Å². The van der Waals surface area contributed by atoms with E-state index in [2.05, 4.69) is 0 Å². The summed E-state index contributed by atoms with van der Waals surface area (Å²) in [5.41, 5.74) is 1.04. The van der Waals surface area contributed by atoms with E-state index in [0.29, 0.717) is 19.4 Å². The number of carbonyl (C=O) groups is 2. The molecule has 1 aliphatic rings. The highest BCUT2D eigenvalue weighted by atomic mass is 35.5. The summed E-state index contributed by atoms with van der Waals surface area (Å²) < 4.78 is 0. The number of rotatable bonds is 3. The van der Waals surface area contributed by atoms with Crippen molar-refractivity contribution < 1.29 is 9.59 Å². The van der Waals surface area contributed by atoms with Crippen LogP contribution in [0.3, 0.4) is 0 Å². The van der Waals surface area contributed by atoms with E-state index in [9.17, 15) is 9.59 Å². The van der Waals surface area contributed by atoms with Crippen LogP contribution in [0, 0.1) is 0 Å². The largest absolute Gasteiger partial charge is 0.327 e. The molecule has 1 heterocycles. The van der Waals surface area contributed by atoms with Crippen molar-refractivity contribution in [2.75, 3.05) is 0 Å². The minimum Gasteiger partial charge on any atom is -0.327 e. The summed E-state index contributed by atoms with van der Waals surface area (Å²) in [6, 6.07) is 13.5. The van der Waals surface area contributed by atoms with Gasteiger partial charge in [-0.25, -0.2) is 0 Å². The Hall–Kier alpha value is -1.87. The maximum Gasteiger partial charge on any atom is 0.244 e. The van der Waals surface area contributed by atoms with Crippen LogP contribution in [0.4, 0.5) is 0 Å². The smallest absolute Gasteiger partial charge is 0.244 e. The number of carbonyl (C=O) groups excluding carboxylic acids is 2. The zero-order valence-corrected chi connectivity index (χ0v) is 11.6. The highest BCUT2D eigenvalue weighted by Gasteiger charge is 2.35. The molecule has 1 fully saturated rings. The van der Waals surface area contributed by atoms with Crippen LogP contribution in [-0.2, 0) is 16.1 Å². The van der Waals surface area contributed by atoms with Crippen LogP contribution in [-0.4, -0.2) is 22.1 Å². The Morgan fingerprint density at radius 1 is 1.20 bits per heavy atom. The first-order valence-corrected chi connectivity index (χ1v) is 7.00. The molecule has 20 heavy (non-hydrogen) atoms. The van der Waals surface area contributed by atoms with Crippen LogP contribution >= 0.6 is 11.6 Å². The molecule has 1 amide bonds. The molecule has 0 bridgehead atoms. The molecule has 1 unspecified atom stereocenters. The molecule has 0 aliphatic carbocycles. The predicted molar refractivity (Wildman–Crippen MR) is 78.4 cm³/mol. The van der Waals surface area contributed by atoms with Crippen molar-refractivity contribution in [3.63, 3.8) is 0 Å². The van der Waals surface area contributed by atoms with Crippen molar-refractivity contribution in [1.82, 2.24) is 4.90 Å². The molecule has 0 saturated carbocycles. The summed E-state index contributed by atoms with van der Waals surface area (Å²) >= 11 is 5.60. The lowest BCUT2D eigenvalue weighted by molar-refractivity contribution is -0.132. The van der Waals surface area contributed by atoms with Gasteiger partial charge in [0.05, 0.1) is 0 Å². The fourth-order valence-corrected chi connectivity index (χ4v) is 3.01. The molecule has 2 aromatic carbocycles. The molecular weight excluding hydrogens is 274 g/mol. The van der Waals surface area contributed by atoms with Crippen LogP contribution in [0.15, 0.2) is 42.5 Å². The number of halogens is 1. The lowest BCUT2D eigenvalue weighted by Gasteiger charge is -2.22. The Morgan fingerprint density at radius 3 is 2.75 bits per heavy atom. The summed E-state index contributed by atoms with van der Waals surface area (Å²) in [6.07, 6.45) is 0.916. The minimum atomic E-state index is -0.483. The second-order valence-electron chi connectivity index (χ2n) is 5.02. The molecule has 1 aliphatic heterocycles. The first-order valence-electron chi connectivity index (χ1n) is 6.62. The summed E-state index contributed by atoms with van der Waals surface area (Å²) in [6.45, 7) is 0.434. The Bertz CT molecular complexity index is 678. The molecule has 102 valence electrons. The maximum absolute atomic E-state index is 11.9. The number of benzene rings is 2. The van der Waals surface area contributed by atoms with E-state index in [1.807, 2.05) is 42.5 Å². The summed E-state index contributed by atoms with van der Waals surface area (Å²) in [4.78, 5) is 25.0. The van der Waals surface area contributed by atoms with Crippen molar-refractivity contribution in [1.29, 1.82) is 0 Å². The van der Waals surface area contributed by atoms with Crippen molar-refractivity contribution in [3.8, 4) is 0 Å². The number of likely N-dealkylation sites (tertiary alicyclic amines) is 1. The van der Waals surface area contributed by atoms with Gasteiger partial charge < -0.3 is 4.90 Å². The van der Waals surface area contributed by atoms with Crippen LogP contribution in [0.5, 0.6) is 0 Å². The Kier molecular flexibility index (Phi) is 3.45.